The van der Waals surface area contributed by atoms with E-state index in [9.17, 15) is 4.79 Å². The maximum absolute atomic E-state index is 11.6. The predicted molar refractivity (Wildman–Crippen MR) is 58.6 cm³/mol. The molecule has 6 heteroatoms. The van der Waals surface area contributed by atoms with Crippen molar-refractivity contribution in [1.29, 1.82) is 0 Å². The van der Waals surface area contributed by atoms with Gasteiger partial charge in [-0.1, -0.05) is 24.2 Å². The number of nitrogens with two attached hydrogens (primary N) is 1. The fourth-order valence-corrected chi connectivity index (χ4v) is 2.04. The van der Waals surface area contributed by atoms with Crippen LogP contribution in [0.15, 0.2) is 0 Å². The van der Waals surface area contributed by atoms with Crippen LogP contribution in [0.25, 0.3) is 0 Å². The Hall–Kier alpha value is -1.17. The molecule has 0 spiro atoms. The van der Waals surface area contributed by atoms with Gasteiger partial charge in [-0.15, -0.1) is 10.2 Å². The molecule has 5 nitrogen and oxygen atoms in total. The summed E-state index contributed by atoms with van der Waals surface area (Å²) in [5.41, 5.74) is 5.40. The highest BCUT2D eigenvalue weighted by Crippen LogP contribution is 2.33. The molecule has 1 unspecified atom stereocenters. The SMILES string of the molecule is CC(CC1CC1)NC(=O)c1nnc(N)s1. The van der Waals surface area contributed by atoms with E-state index in [2.05, 4.69) is 15.5 Å². The van der Waals surface area contributed by atoms with E-state index in [1.807, 2.05) is 6.92 Å². The first-order valence-corrected chi connectivity index (χ1v) is 5.86. The van der Waals surface area contributed by atoms with Crippen molar-refractivity contribution in [2.45, 2.75) is 32.2 Å². The van der Waals surface area contributed by atoms with Crippen LogP contribution in [0.1, 0.15) is 36.0 Å². The van der Waals surface area contributed by atoms with E-state index >= 15 is 0 Å². The topological polar surface area (TPSA) is 80.9 Å². The maximum Gasteiger partial charge on any atom is 0.282 e. The lowest BCUT2D eigenvalue weighted by atomic mass is 10.1. The van der Waals surface area contributed by atoms with Crippen molar-refractivity contribution in [2.24, 2.45) is 5.92 Å². The van der Waals surface area contributed by atoms with Crippen LogP contribution in [0.5, 0.6) is 0 Å². The lowest BCUT2D eigenvalue weighted by Gasteiger charge is -2.11. The van der Waals surface area contributed by atoms with Crippen LogP contribution >= 0.6 is 11.3 Å². The van der Waals surface area contributed by atoms with E-state index in [0.29, 0.717) is 10.1 Å². The van der Waals surface area contributed by atoms with Gasteiger partial charge in [0.05, 0.1) is 0 Å². The van der Waals surface area contributed by atoms with Crippen LogP contribution in [0.2, 0.25) is 0 Å². The van der Waals surface area contributed by atoms with Gasteiger partial charge in [0.15, 0.2) is 0 Å². The minimum Gasteiger partial charge on any atom is -0.374 e. The molecule has 0 aromatic carbocycles. The van der Waals surface area contributed by atoms with E-state index < -0.39 is 0 Å². The lowest BCUT2D eigenvalue weighted by Crippen LogP contribution is -2.32. The molecule has 15 heavy (non-hydrogen) atoms. The smallest absolute Gasteiger partial charge is 0.282 e. The van der Waals surface area contributed by atoms with Gasteiger partial charge < -0.3 is 11.1 Å². The Morgan fingerprint density at radius 3 is 2.93 bits per heavy atom. The Kier molecular flexibility index (Phi) is 2.86. The summed E-state index contributed by atoms with van der Waals surface area (Å²) in [5, 5.41) is 10.9. The molecule has 1 aromatic heterocycles. The minimum absolute atomic E-state index is 0.169. The third-order valence-corrected chi connectivity index (χ3v) is 3.15. The molecule has 1 fully saturated rings. The highest BCUT2D eigenvalue weighted by molar-refractivity contribution is 7.16. The second-order valence-electron chi connectivity index (χ2n) is 4.00. The van der Waals surface area contributed by atoms with Gasteiger partial charge in [0.1, 0.15) is 0 Å². The van der Waals surface area contributed by atoms with Crippen molar-refractivity contribution < 1.29 is 4.79 Å². The summed E-state index contributed by atoms with van der Waals surface area (Å²) >= 11 is 1.12. The van der Waals surface area contributed by atoms with Crippen LogP contribution in [-0.2, 0) is 0 Å². The van der Waals surface area contributed by atoms with Crippen LogP contribution in [0.4, 0.5) is 5.13 Å². The predicted octanol–water partition coefficient (Wildman–Crippen LogP) is 1.04. The molecule has 0 bridgehead atoms. The van der Waals surface area contributed by atoms with Gasteiger partial charge in [-0.05, 0) is 19.3 Å². The van der Waals surface area contributed by atoms with E-state index in [4.69, 9.17) is 5.73 Å². The van der Waals surface area contributed by atoms with Crippen LogP contribution in [0, 0.1) is 5.92 Å². The lowest BCUT2D eigenvalue weighted by molar-refractivity contribution is 0.0936. The Morgan fingerprint density at radius 1 is 1.67 bits per heavy atom. The molecular weight excluding hydrogens is 212 g/mol. The number of carbonyl (C=O) groups excluding carboxylic acids is 1. The summed E-state index contributed by atoms with van der Waals surface area (Å²) in [6.07, 6.45) is 3.65. The quantitative estimate of drug-likeness (QED) is 0.803. The summed E-state index contributed by atoms with van der Waals surface area (Å²) < 4.78 is 0. The standard InChI is InChI=1S/C9H14N4OS/c1-5(4-6-2-3-6)11-7(14)8-12-13-9(10)15-8/h5-6H,2-4H2,1H3,(H2,10,13)(H,11,14). The Balaban J connectivity index is 1.85. The first-order chi connectivity index (χ1) is 7.15. The number of hydrogen-bond acceptors (Lipinski definition) is 5. The molecule has 1 saturated carbocycles. The summed E-state index contributed by atoms with van der Waals surface area (Å²) in [6.45, 7) is 2.01. The number of aromatic nitrogens is 2. The molecule has 2 rings (SSSR count). The average Bonchev–Trinajstić information content (AvgIpc) is 2.85. The summed E-state index contributed by atoms with van der Waals surface area (Å²) in [4.78, 5) is 11.6. The van der Waals surface area contributed by atoms with Gasteiger partial charge in [-0.3, -0.25) is 4.79 Å². The van der Waals surface area contributed by atoms with E-state index in [1.54, 1.807) is 0 Å². The highest BCUT2D eigenvalue weighted by atomic mass is 32.1. The first kappa shape index (κ1) is 10.4. The third kappa shape index (κ3) is 2.89. The normalized spacial score (nSPS) is 17.4. The van der Waals surface area contributed by atoms with Crippen LogP contribution < -0.4 is 11.1 Å². The zero-order chi connectivity index (χ0) is 10.8. The molecule has 1 aliphatic carbocycles. The second kappa shape index (κ2) is 4.14. The molecule has 1 aromatic rings. The summed E-state index contributed by atoms with van der Waals surface area (Å²) in [6, 6.07) is 0.204. The maximum atomic E-state index is 11.6. The average molecular weight is 226 g/mol. The molecule has 3 N–H and O–H groups in total. The van der Waals surface area contributed by atoms with E-state index in [-0.39, 0.29) is 11.9 Å². The zero-order valence-corrected chi connectivity index (χ0v) is 9.38. The Morgan fingerprint density at radius 2 is 2.40 bits per heavy atom. The molecule has 0 aliphatic heterocycles. The van der Waals surface area contributed by atoms with E-state index in [0.717, 1.165) is 23.7 Å². The summed E-state index contributed by atoms with van der Waals surface area (Å²) in [7, 11) is 0. The molecule has 1 heterocycles. The van der Waals surface area contributed by atoms with Gasteiger partial charge in [0.2, 0.25) is 10.1 Å². The number of rotatable bonds is 4. The number of carbonyl (C=O) groups is 1. The number of amides is 1. The van der Waals surface area contributed by atoms with Gasteiger partial charge >= 0.3 is 0 Å². The van der Waals surface area contributed by atoms with Crippen molar-refractivity contribution >= 4 is 22.4 Å². The molecule has 0 radical (unpaired) electrons. The largest absolute Gasteiger partial charge is 0.374 e. The Labute approximate surface area is 92.1 Å². The number of hydrogen-bond donors (Lipinski definition) is 2. The van der Waals surface area contributed by atoms with Crippen molar-refractivity contribution in [3.8, 4) is 0 Å². The molecule has 1 aliphatic rings. The van der Waals surface area contributed by atoms with Crippen molar-refractivity contribution in [1.82, 2.24) is 15.5 Å². The fraction of sp³-hybridized carbons (Fsp3) is 0.667. The third-order valence-electron chi connectivity index (χ3n) is 2.40. The van der Waals surface area contributed by atoms with Gasteiger partial charge in [0, 0.05) is 6.04 Å². The molecular formula is C9H14N4OS. The fourth-order valence-electron chi connectivity index (χ4n) is 1.52. The summed E-state index contributed by atoms with van der Waals surface area (Å²) in [5.74, 6) is 0.636. The second-order valence-corrected chi connectivity index (χ2v) is 5.01. The number of nitrogens with one attached hydrogen (secondary N) is 1. The Bertz CT molecular complexity index is 361. The zero-order valence-electron chi connectivity index (χ0n) is 8.56. The van der Waals surface area contributed by atoms with E-state index in [1.165, 1.54) is 12.8 Å². The van der Waals surface area contributed by atoms with Crippen molar-refractivity contribution in [2.75, 3.05) is 5.73 Å². The number of nitrogen functional groups attached to an aromatic ring is 1. The first-order valence-electron chi connectivity index (χ1n) is 5.05. The minimum atomic E-state index is -0.169. The van der Waals surface area contributed by atoms with Gasteiger partial charge in [0.25, 0.3) is 5.91 Å². The van der Waals surface area contributed by atoms with Crippen LogP contribution in [-0.4, -0.2) is 22.1 Å². The monoisotopic (exact) mass is 226 g/mol. The molecule has 82 valence electrons. The van der Waals surface area contributed by atoms with Gasteiger partial charge in [-0.25, -0.2) is 0 Å². The molecule has 0 saturated heterocycles. The number of nitrogens with zero attached hydrogens (tertiary/aromatic N) is 2. The van der Waals surface area contributed by atoms with Crippen LogP contribution in [0.3, 0.4) is 0 Å². The highest BCUT2D eigenvalue weighted by Gasteiger charge is 2.24. The van der Waals surface area contributed by atoms with Crippen molar-refractivity contribution in [3.63, 3.8) is 0 Å². The van der Waals surface area contributed by atoms with Gasteiger partial charge in [-0.2, -0.15) is 0 Å². The molecule has 1 atom stereocenters. The molecule has 1 amide bonds. The number of anilines is 1. The van der Waals surface area contributed by atoms with Crippen molar-refractivity contribution in [3.05, 3.63) is 5.01 Å².